The number of carbonyl (C=O) groups excluding carboxylic acids is 2. The number of rotatable bonds is 4. The maximum absolute atomic E-state index is 13.3. The van der Waals surface area contributed by atoms with Gasteiger partial charge in [-0.15, -0.1) is 0 Å². The predicted molar refractivity (Wildman–Crippen MR) is 110 cm³/mol. The number of carbonyl (C=O) groups is 2. The standard InChI is InChI=1S/C19H19N7O4S/c1-24(2)17(27)11-25-10-14-18(19(28)23-16-9-20-7-8-21-16)22-12-26(14)13-5-3-4-6-15(13)31(25,29)30/h3-9,12H,10-11H2,1-2H3,(H,21,23,28). The number of fused-ring (bicyclic) bond motifs is 3. The fourth-order valence-electron chi connectivity index (χ4n) is 3.16. The van der Waals surface area contributed by atoms with Crippen molar-refractivity contribution in [3.8, 4) is 5.69 Å². The molecule has 1 N–H and O–H groups in total. The summed E-state index contributed by atoms with van der Waals surface area (Å²) in [6.45, 7) is -0.583. The zero-order valence-corrected chi connectivity index (χ0v) is 17.6. The van der Waals surface area contributed by atoms with Gasteiger partial charge in [-0.05, 0) is 12.1 Å². The van der Waals surface area contributed by atoms with Crippen molar-refractivity contribution in [1.82, 2.24) is 28.7 Å². The summed E-state index contributed by atoms with van der Waals surface area (Å²) in [5, 5.41) is 2.60. The summed E-state index contributed by atoms with van der Waals surface area (Å²) >= 11 is 0. The van der Waals surface area contributed by atoms with Gasteiger partial charge >= 0.3 is 0 Å². The van der Waals surface area contributed by atoms with Crippen LogP contribution in [0.4, 0.5) is 5.82 Å². The molecule has 2 aromatic heterocycles. The lowest BCUT2D eigenvalue weighted by Crippen LogP contribution is -2.39. The van der Waals surface area contributed by atoms with Gasteiger partial charge in [-0.1, -0.05) is 12.1 Å². The molecule has 12 heteroatoms. The Bertz CT molecular complexity index is 1260. The van der Waals surface area contributed by atoms with Crippen LogP contribution in [0.3, 0.4) is 0 Å². The fourth-order valence-corrected chi connectivity index (χ4v) is 4.69. The Morgan fingerprint density at radius 1 is 1.16 bits per heavy atom. The molecule has 1 aliphatic rings. The Balaban J connectivity index is 1.81. The number of aromatic nitrogens is 4. The number of benzene rings is 1. The molecule has 4 rings (SSSR count). The van der Waals surface area contributed by atoms with E-state index < -0.39 is 15.9 Å². The lowest BCUT2D eigenvalue weighted by Gasteiger charge is -2.21. The van der Waals surface area contributed by atoms with Gasteiger partial charge in [0.1, 0.15) is 11.2 Å². The number of nitrogens with one attached hydrogen (secondary N) is 1. The van der Waals surface area contributed by atoms with E-state index in [-0.39, 0.29) is 35.4 Å². The summed E-state index contributed by atoms with van der Waals surface area (Å²) < 4.78 is 29.3. The van der Waals surface area contributed by atoms with Gasteiger partial charge in [0.15, 0.2) is 11.5 Å². The molecule has 2 amide bonds. The van der Waals surface area contributed by atoms with Crippen LogP contribution in [0.15, 0.2) is 54.1 Å². The lowest BCUT2D eigenvalue weighted by atomic mass is 10.2. The minimum atomic E-state index is -4.00. The second kappa shape index (κ2) is 7.89. The topological polar surface area (TPSA) is 130 Å². The third-order valence-corrected chi connectivity index (χ3v) is 6.60. The summed E-state index contributed by atoms with van der Waals surface area (Å²) in [4.78, 5) is 38.7. The van der Waals surface area contributed by atoms with Crippen LogP contribution < -0.4 is 5.32 Å². The highest BCUT2D eigenvalue weighted by Gasteiger charge is 2.36. The van der Waals surface area contributed by atoms with Crippen LogP contribution in [0.25, 0.3) is 5.69 Å². The average Bonchev–Trinajstić information content (AvgIpc) is 3.14. The monoisotopic (exact) mass is 441 g/mol. The first kappa shape index (κ1) is 20.6. The number of imidazole rings is 1. The SMILES string of the molecule is CN(C)C(=O)CN1Cc2c(C(=O)Nc3cnccn3)ncn2-c2ccccc2S1(=O)=O. The minimum absolute atomic E-state index is 0.0265. The van der Waals surface area contributed by atoms with E-state index in [9.17, 15) is 18.0 Å². The first-order chi connectivity index (χ1) is 14.8. The van der Waals surface area contributed by atoms with Crippen molar-refractivity contribution >= 4 is 27.7 Å². The molecule has 31 heavy (non-hydrogen) atoms. The molecular weight excluding hydrogens is 422 g/mol. The van der Waals surface area contributed by atoms with Crippen LogP contribution >= 0.6 is 0 Å². The molecule has 0 aliphatic carbocycles. The van der Waals surface area contributed by atoms with Gasteiger partial charge in [0.05, 0.1) is 30.7 Å². The molecule has 1 aromatic carbocycles. The van der Waals surface area contributed by atoms with E-state index in [1.54, 1.807) is 36.9 Å². The number of hydrogen-bond donors (Lipinski definition) is 1. The molecule has 11 nitrogen and oxygen atoms in total. The van der Waals surface area contributed by atoms with Crippen molar-refractivity contribution in [2.24, 2.45) is 0 Å². The number of hydrogen-bond acceptors (Lipinski definition) is 7. The zero-order valence-electron chi connectivity index (χ0n) is 16.8. The summed E-state index contributed by atoms with van der Waals surface area (Å²) in [6, 6.07) is 6.38. The number of likely N-dealkylation sites (N-methyl/N-ethyl adjacent to an activating group) is 1. The van der Waals surface area contributed by atoms with Gasteiger partial charge in [-0.25, -0.2) is 18.4 Å². The van der Waals surface area contributed by atoms with E-state index in [1.165, 1.54) is 35.9 Å². The predicted octanol–water partition coefficient (Wildman–Crippen LogP) is 0.507. The van der Waals surface area contributed by atoms with Crippen molar-refractivity contribution in [3.63, 3.8) is 0 Å². The molecule has 0 bridgehead atoms. The maximum atomic E-state index is 13.3. The first-order valence-corrected chi connectivity index (χ1v) is 10.7. The molecule has 160 valence electrons. The minimum Gasteiger partial charge on any atom is -0.348 e. The Morgan fingerprint density at radius 2 is 1.94 bits per heavy atom. The van der Waals surface area contributed by atoms with Gasteiger partial charge < -0.3 is 10.2 Å². The number of para-hydroxylation sites is 1. The molecule has 0 fully saturated rings. The van der Waals surface area contributed by atoms with Crippen LogP contribution in [0.1, 0.15) is 16.2 Å². The highest BCUT2D eigenvalue weighted by Crippen LogP contribution is 2.31. The van der Waals surface area contributed by atoms with E-state index in [4.69, 9.17) is 0 Å². The second-order valence-electron chi connectivity index (χ2n) is 6.98. The molecule has 3 heterocycles. The van der Waals surface area contributed by atoms with Crippen LogP contribution in [-0.2, 0) is 21.4 Å². The molecule has 0 spiro atoms. The number of sulfonamides is 1. The van der Waals surface area contributed by atoms with Crippen LogP contribution in [0.5, 0.6) is 0 Å². The Labute approximate surface area is 178 Å². The smallest absolute Gasteiger partial charge is 0.277 e. The summed E-state index contributed by atoms with van der Waals surface area (Å²) in [5.41, 5.74) is 0.713. The maximum Gasteiger partial charge on any atom is 0.277 e. The fraction of sp³-hybridized carbons (Fsp3) is 0.211. The average molecular weight is 441 g/mol. The Kier molecular flexibility index (Phi) is 5.25. The van der Waals surface area contributed by atoms with Crippen molar-refractivity contribution in [2.45, 2.75) is 11.4 Å². The van der Waals surface area contributed by atoms with Gasteiger partial charge in [0.25, 0.3) is 5.91 Å². The van der Waals surface area contributed by atoms with Crippen LogP contribution in [-0.4, -0.2) is 69.6 Å². The van der Waals surface area contributed by atoms with Gasteiger partial charge in [-0.2, -0.15) is 4.31 Å². The molecular formula is C19H19N7O4S. The zero-order chi connectivity index (χ0) is 22.2. The summed E-state index contributed by atoms with van der Waals surface area (Å²) in [5.74, 6) is -0.722. The largest absolute Gasteiger partial charge is 0.348 e. The molecule has 1 aliphatic heterocycles. The van der Waals surface area contributed by atoms with E-state index in [2.05, 4.69) is 20.3 Å². The molecule has 0 saturated heterocycles. The molecule has 0 saturated carbocycles. The summed E-state index contributed by atoms with van der Waals surface area (Å²) in [7, 11) is -0.911. The normalized spacial score (nSPS) is 14.8. The number of nitrogens with zero attached hydrogens (tertiary/aromatic N) is 6. The van der Waals surface area contributed by atoms with Crippen LogP contribution in [0.2, 0.25) is 0 Å². The highest BCUT2D eigenvalue weighted by molar-refractivity contribution is 7.89. The first-order valence-electron chi connectivity index (χ1n) is 9.22. The van der Waals surface area contributed by atoms with E-state index in [0.29, 0.717) is 11.4 Å². The van der Waals surface area contributed by atoms with E-state index >= 15 is 0 Å². The summed E-state index contributed by atoms with van der Waals surface area (Å²) in [6.07, 6.45) is 5.68. The van der Waals surface area contributed by atoms with E-state index in [0.717, 1.165) is 4.31 Å². The van der Waals surface area contributed by atoms with Crippen molar-refractivity contribution in [2.75, 3.05) is 26.0 Å². The molecule has 0 unspecified atom stereocenters. The quantitative estimate of drug-likeness (QED) is 0.624. The van der Waals surface area contributed by atoms with Crippen LogP contribution in [0, 0.1) is 0 Å². The third-order valence-electron chi connectivity index (χ3n) is 4.77. The molecule has 3 aromatic rings. The molecule has 0 atom stereocenters. The Morgan fingerprint density at radius 3 is 2.65 bits per heavy atom. The lowest BCUT2D eigenvalue weighted by molar-refractivity contribution is -0.128. The van der Waals surface area contributed by atoms with Gasteiger partial charge in [-0.3, -0.25) is 19.1 Å². The highest BCUT2D eigenvalue weighted by atomic mass is 32.2. The van der Waals surface area contributed by atoms with Crippen molar-refractivity contribution in [1.29, 1.82) is 0 Å². The number of anilines is 1. The van der Waals surface area contributed by atoms with E-state index in [1.807, 2.05) is 0 Å². The second-order valence-corrected chi connectivity index (χ2v) is 8.89. The molecule has 0 radical (unpaired) electrons. The van der Waals surface area contributed by atoms with Gasteiger partial charge in [0.2, 0.25) is 15.9 Å². The van der Waals surface area contributed by atoms with Crippen molar-refractivity contribution < 1.29 is 18.0 Å². The van der Waals surface area contributed by atoms with Crippen molar-refractivity contribution in [3.05, 3.63) is 60.6 Å². The van der Waals surface area contributed by atoms with Gasteiger partial charge in [0, 0.05) is 26.5 Å². The number of amides is 2. The Hall–Kier alpha value is -3.64. The third kappa shape index (κ3) is 3.78.